The molecule has 0 aliphatic rings. The van der Waals surface area contributed by atoms with Gasteiger partial charge in [0.05, 0.1) is 13.7 Å². The Hall–Kier alpha value is -1.48. The van der Waals surface area contributed by atoms with Crippen molar-refractivity contribution in [1.29, 1.82) is 0 Å². The summed E-state index contributed by atoms with van der Waals surface area (Å²) in [6.45, 7) is 0.612. The van der Waals surface area contributed by atoms with Crippen LogP contribution in [-0.4, -0.2) is 25.6 Å². The van der Waals surface area contributed by atoms with Crippen molar-refractivity contribution >= 4 is 23.6 Å². The molecule has 1 aromatic carbocycles. The summed E-state index contributed by atoms with van der Waals surface area (Å²) < 4.78 is 9.95. The number of methoxy groups -OCH3 is 1. The molecule has 0 bridgehead atoms. The van der Waals surface area contributed by atoms with E-state index in [2.05, 4.69) is 4.74 Å². The maximum atomic E-state index is 10.9. The summed E-state index contributed by atoms with van der Waals surface area (Å²) in [6, 6.07) is 7.45. The first-order valence-electron chi connectivity index (χ1n) is 5.31. The van der Waals surface area contributed by atoms with Crippen molar-refractivity contribution in [2.75, 3.05) is 19.6 Å². The molecule has 0 saturated heterocycles. The maximum Gasteiger partial charge on any atom is 0.330 e. The molecule has 0 atom stereocenters. The van der Waals surface area contributed by atoms with Crippen LogP contribution in [-0.2, 0) is 9.53 Å². The zero-order valence-corrected chi connectivity index (χ0v) is 10.4. The van der Waals surface area contributed by atoms with Crippen molar-refractivity contribution in [3.05, 3.63) is 35.9 Å². The Morgan fingerprint density at radius 1 is 1.35 bits per heavy atom. The van der Waals surface area contributed by atoms with Gasteiger partial charge in [0.25, 0.3) is 0 Å². The minimum Gasteiger partial charge on any atom is -0.494 e. The lowest BCUT2D eigenvalue weighted by atomic mass is 10.2. The highest BCUT2D eigenvalue weighted by molar-refractivity contribution is 6.17. The zero-order valence-electron chi connectivity index (χ0n) is 9.69. The molecule has 0 amide bonds. The first-order chi connectivity index (χ1) is 8.26. The Labute approximate surface area is 106 Å². The molecule has 0 unspecified atom stereocenters. The lowest BCUT2D eigenvalue weighted by Crippen LogP contribution is -1.97. The molecular formula is C13H15ClO3. The van der Waals surface area contributed by atoms with Crippen molar-refractivity contribution in [3.8, 4) is 5.75 Å². The van der Waals surface area contributed by atoms with Crippen LogP contribution in [0.1, 0.15) is 12.0 Å². The second-order valence-corrected chi connectivity index (χ2v) is 3.69. The molecule has 92 valence electrons. The summed E-state index contributed by atoms with van der Waals surface area (Å²) in [5, 5.41) is 0. The van der Waals surface area contributed by atoms with Crippen molar-refractivity contribution in [3.63, 3.8) is 0 Å². The number of rotatable bonds is 6. The number of carbonyl (C=O) groups is 1. The van der Waals surface area contributed by atoms with Gasteiger partial charge in [-0.15, -0.1) is 11.6 Å². The van der Waals surface area contributed by atoms with Gasteiger partial charge in [0, 0.05) is 12.0 Å². The number of ether oxygens (including phenoxy) is 2. The molecule has 1 rings (SSSR count). The molecule has 0 aromatic heterocycles. The van der Waals surface area contributed by atoms with E-state index in [1.807, 2.05) is 24.3 Å². The van der Waals surface area contributed by atoms with Gasteiger partial charge < -0.3 is 9.47 Å². The van der Waals surface area contributed by atoms with Gasteiger partial charge in [0.15, 0.2) is 0 Å². The number of hydrogen-bond acceptors (Lipinski definition) is 3. The summed E-state index contributed by atoms with van der Waals surface area (Å²) in [5.41, 5.74) is 0.917. The molecule has 0 heterocycles. The lowest BCUT2D eigenvalue weighted by molar-refractivity contribution is -0.134. The van der Waals surface area contributed by atoms with Crippen molar-refractivity contribution in [1.82, 2.24) is 0 Å². The number of hydrogen-bond donors (Lipinski definition) is 0. The van der Waals surface area contributed by atoms with E-state index in [4.69, 9.17) is 16.3 Å². The fraction of sp³-hybridized carbons (Fsp3) is 0.308. The molecule has 0 spiro atoms. The van der Waals surface area contributed by atoms with Crippen LogP contribution in [0.2, 0.25) is 0 Å². The van der Waals surface area contributed by atoms with Crippen molar-refractivity contribution in [2.45, 2.75) is 6.42 Å². The molecule has 0 aliphatic heterocycles. The van der Waals surface area contributed by atoms with Crippen LogP contribution in [0.3, 0.4) is 0 Å². The second-order valence-electron chi connectivity index (χ2n) is 3.32. The highest BCUT2D eigenvalue weighted by atomic mass is 35.5. The monoisotopic (exact) mass is 254 g/mol. The molecular weight excluding hydrogens is 240 g/mol. The SMILES string of the molecule is COC(=O)/C=C/c1ccc(OCCCCl)cc1. The smallest absolute Gasteiger partial charge is 0.330 e. The molecule has 0 fully saturated rings. The van der Waals surface area contributed by atoms with E-state index in [0.717, 1.165) is 17.7 Å². The Bertz CT molecular complexity index is 371. The van der Waals surface area contributed by atoms with Gasteiger partial charge in [0.2, 0.25) is 0 Å². The first kappa shape index (κ1) is 13.6. The van der Waals surface area contributed by atoms with E-state index in [1.165, 1.54) is 13.2 Å². The minimum absolute atomic E-state index is 0.368. The van der Waals surface area contributed by atoms with Crippen LogP contribution in [0.5, 0.6) is 5.75 Å². The van der Waals surface area contributed by atoms with Crippen LogP contribution in [0, 0.1) is 0 Å². The molecule has 1 aromatic rings. The highest BCUT2D eigenvalue weighted by Crippen LogP contribution is 2.13. The summed E-state index contributed by atoms with van der Waals surface area (Å²) in [5.74, 6) is 1.03. The molecule has 0 saturated carbocycles. The van der Waals surface area contributed by atoms with Gasteiger partial charge in [-0.3, -0.25) is 0 Å². The van der Waals surface area contributed by atoms with Crippen LogP contribution in [0.4, 0.5) is 0 Å². The van der Waals surface area contributed by atoms with E-state index < -0.39 is 0 Å². The van der Waals surface area contributed by atoms with Crippen molar-refractivity contribution in [2.24, 2.45) is 0 Å². The average Bonchev–Trinajstić information content (AvgIpc) is 2.37. The topological polar surface area (TPSA) is 35.5 Å². The number of halogens is 1. The van der Waals surface area contributed by atoms with Gasteiger partial charge >= 0.3 is 5.97 Å². The first-order valence-corrected chi connectivity index (χ1v) is 5.84. The third-order valence-electron chi connectivity index (χ3n) is 2.04. The predicted molar refractivity (Wildman–Crippen MR) is 68.3 cm³/mol. The zero-order chi connectivity index (χ0) is 12.5. The van der Waals surface area contributed by atoms with Crippen LogP contribution >= 0.6 is 11.6 Å². The average molecular weight is 255 g/mol. The van der Waals surface area contributed by atoms with Crippen LogP contribution in [0.15, 0.2) is 30.3 Å². The number of alkyl halides is 1. The van der Waals surface area contributed by atoms with E-state index >= 15 is 0 Å². The molecule has 3 nitrogen and oxygen atoms in total. The lowest BCUT2D eigenvalue weighted by Gasteiger charge is -2.04. The normalized spacial score (nSPS) is 10.5. The van der Waals surface area contributed by atoms with Gasteiger partial charge in [-0.25, -0.2) is 4.79 Å². The van der Waals surface area contributed by atoms with Gasteiger partial charge in [-0.05, 0) is 30.2 Å². The third-order valence-corrected chi connectivity index (χ3v) is 2.31. The Morgan fingerprint density at radius 2 is 2.06 bits per heavy atom. The van der Waals surface area contributed by atoms with E-state index in [-0.39, 0.29) is 5.97 Å². The molecule has 17 heavy (non-hydrogen) atoms. The Balaban J connectivity index is 2.50. The Kier molecular flexibility index (Phi) is 6.18. The largest absolute Gasteiger partial charge is 0.494 e. The fourth-order valence-electron chi connectivity index (χ4n) is 1.15. The summed E-state index contributed by atoms with van der Waals surface area (Å²) in [7, 11) is 1.35. The standard InChI is InChI=1S/C13H15ClO3/c1-16-13(15)8-5-11-3-6-12(7-4-11)17-10-2-9-14/h3-8H,2,9-10H2,1H3/b8-5+. The number of esters is 1. The van der Waals surface area contributed by atoms with E-state index in [9.17, 15) is 4.79 Å². The van der Waals surface area contributed by atoms with Crippen LogP contribution < -0.4 is 4.74 Å². The van der Waals surface area contributed by atoms with Gasteiger partial charge in [-0.1, -0.05) is 12.1 Å². The predicted octanol–water partition coefficient (Wildman–Crippen LogP) is 2.88. The number of benzene rings is 1. The highest BCUT2D eigenvalue weighted by Gasteiger charge is 1.95. The van der Waals surface area contributed by atoms with Crippen molar-refractivity contribution < 1.29 is 14.3 Å². The summed E-state index contributed by atoms with van der Waals surface area (Å²) >= 11 is 5.54. The quantitative estimate of drug-likeness (QED) is 0.339. The van der Waals surface area contributed by atoms with Gasteiger partial charge in [0.1, 0.15) is 5.75 Å². The Morgan fingerprint density at radius 3 is 2.65 bits per heavy atom. The van der Waals surface area contributed by atoms with Gasteiger partial charge in [-0.2, -0.15) is 0 Å². The summed E-state index contributed by atoms with van der Waals surface area (Å²) in [6.07, 6.45) is 3.89. The number of carbonyl (C=O) groups excluding carboxylic acids is 1. The minimum atomic E-state index is -0.368. The maximum absolute atomic E-state index is 10.9. The molecule has 0 N–H and O–H groups in total. The van der Waals surface area contributed by atoms with E-state index in [1.54, 1.807) is 6.08 Å². The summed E-state index contributed by atoms with van der Waals surface area (Å²) in [4.78, 5) is 10.9. The fourth-order valence-corrected chi connectivity index (χ4v) is 1.26. The molecule has 4 heteroatoms. The second kappa shape index (κ2) is 7.74. The molecule has 0 aliphatic carbocycles. The third kappa shape index (κ3) is 5.41. The van der Waals surface area contributed by atoms with E-state index in [0.29, 0.717) is 12.5 Å². The molecule has 0 radical (unpaired) electrons. The van der Waals surface area contributed by atoms with Crippen LogP contribution in [0.25, 0.3) is 6.08 Å².